The molecule has 5 heteroatoms. The van der Waals surface area contributed by atoms with E-state index in [-0.39, 0.29) is 5.25 Å². The van der Waals surface area contributed by atoms with Gasteiger partial charge in [0.05, 0.1) is 11.9 Å². The second-order valence-corrected chi connectivity index (χ2v) is 6.12. The summed E-state index contributed by atoms with van der Waals surface area (Å²) in [5, 5.41) is -0.180. The van der Waals surface area contributed by atoms with E-state index >= 15 is 0 Å². The number of hydrogen-bond donors (Lipinski definition) is 0. The maximum absolute atomic E-state index is 12.0. The quantitative estimate of drug-likeness (QED) is 0.703. The molecule has 1 aliphatic carbocycles. The fourth-order valence-corrected chi connectivity index (χ4v) is 3.99. The first-order valence-electron chi connectivity index (χ1n) is 5.36. The van der Waals surface area contributed by atoms with E-state index in [0.717, 1.165) is 38.5 Å². The largest absolute Gasteiger partial charge is 0.284 e. The van der Waals surface area contributed by atoms with Crippen LogP contribution in [0.15, 0.2) is 0 Å². The van der Waals surface area contributed by atoms with Crippen LogP contribution in [0.4, 0.5) is 0 Å². The molecule has 82 valence electrons. The van der Waals surface area contributed by atoms with Crippen molar-refractivity contribution < 1.29 is 13.3 Å². The van der Waals surface area contributed by atoms with Gasteiger partial charge in [-0.2, -0.15) is 0 Å². The molecule has 1 aliphatic heterocycles. The van der Waals surface area contributed by atoms with Gasteiger partial charge in [-0.15, -0.1) is 0 Å². The van der Waals surface area contributed by atoms with Crippen LogP contribution in [0, 0.1) is 0 Å². The highest BCUT2D eigenvalue weighted by atomic mass is 32.2. The summed E-state index contributed by atoms with van der Waals surface area (Å²) in [6, 6.07) is 0. The molecule has 0 amide bonds. The summed E-state index contributed by atoms with van der Waals surface area (Å²) in [4.78, 5) is 5.20. The van der Waals surface area contributed by atoms with E-state index in [1.807, 2.05) is 0 Å². The Kier molecular flexibility index (Phi) is 3.09. The van der Waals surface area contributed by atoms with Gasteiger partial charge in [0.15, 0.2) is 0 Å². The lowest BCUT2D eigenvalue weighted by atomic mass is 10.3. The van der Waals surface area contributed by atoms with Gasteiger partial charge in [-0.05, 0) is 25.7 Å². The first-order chi connectivity index (χ1) is 6.71. The number of hydrogen-bond acceptors (Lipinski definition) is 3. The van der Waals surface area contributed by atoms with E-state index in [9.17, 15) is 8.42 Å². The summed E-state index contributed by atoms with van der Waals surface area (Å²) in [5.74, 6) is 0. The lowest BCUT2D eigenvalue weighted by Crippen LogP contribution is -2.40. The monoisotopic (exact) mass is 219 g/mol. The Hall–Kier alpha value is -0.130. The predicted molar refractivity (Wildman–Crippen MR) is 53.1 cm³/mol. The molecular formula is C9H17NO3S. The summed E-state index contributed by atoms with van der Waals surface area (Å²) >= 11 is 0. The van der Waals surface area contributed by atoms with Gasteiger partial charge in [-0.3, -0.25) is 4.84 Å². The molecule has 0 aromatic rings. The lowest BCUT2D eigenvalue weighted by molar-refractivity contribution is -0.109. The van der Waals surface area contributed by atoms with Gasteiger partial charge < -0.3 is 0 Å². The van der Waals surface area contributed by atoms with E-state index in [1.165, 1.54) is 4.47 Å². The van der Waals surface area contributed by atoms with Crippen molar-refractivity contribution in [1.29, 1.82) is 0 Å². The molecule has 0 radical (unpaired) electrons. The average molecular weight is 219 g/mol. The van der Waals surface area contributed by atoms with Crippen molar-refractivity contribution in [3.63, 3.8) is 0 Å². The minimum atomic E-state index is -3.15. The normalized spacial score (nSPS) is 26.9. The van der Waals surface area contributed by atoms with E-state index in [2.05, 4.69) is 0 Å². The Labute approximate surface area is 85.2 Å². The molecule has 0 atom stereocenters. The summed E-state index contributed by atoms with van der Waals surface area (Å²) in [5.41, 5.74) is 0. The van der Waals surface area contributed by atoms with Crippen molar-refractivity contribution >= 4 is 10.0 Å². The van der Waals surface area contributed by atoms with Gasteiger partial charge in [0, 0.05) is 6.54 Å². The Morgan fingerprint density at radius 2 is 1.79 bits per heavy atom. The van der Waals surface area contributed by atoms with Crippen LogP contribution >= 0.6 is 0 Å². The first-order valence-corrected chi connectivity index (χ1v) is 6.86. The van der Waals surface area contributed by atoms with Crippen molar-refractivity contribution in [3.8, 4) is 0 Å². The van der Waals surface area contributed by atoms with Crippen LogP contribution in [-0.2, 0) is 14.9 Å². The van der Waals surface area contributed by atoms with Gasteiger partial charge in [0.25, 0.3) is 0 Å². The topological polar surface area (TPSA) is 46.6 Å². The fourth-order valence-electron chi connectivity index (χ4n) is 2.13. The number of sulfonamides is 1. The van der Waals surface area contributed by atoms with Crippen LogP contribution in [0.2, 0.25) is 0 Å². The van der Waals surface area contributed by atoms with Gasteiger partial charge >= 0.3 is 0 Å². The minimum Gasteiger partial charge on any atom is -0.284 e. The molecule has 2 aliphatic rings. The summed E-state index contributed by atoms with van der Waals surface area (Å²) < 4.78 is 25.2. The van der Waals surface area contributed by atoms with Gasteiger partial charge in [0.1, 0.15) is 0 Å². The highest BCUT2D eigenvalue weighted by molar-refractivity contribution is 7.89. The van der Waals surface area contributed by atoms with Crippen molar-refractivity contribution in [3.05, 3.63) is 0 Å². The van der Waals surface area contributed by atoms with Gasteiger partial charge in [0.2, 0.25) is 10.0 Å². The molecule has 14 heavy (non-hydrogen) atoms. The van der Waals surface area contributed by atoms with Crippen molar-refractivity contribution in [1.82, 2.24) is 4.47 Å². The van der Waals surface area contributed by atoms with Crippen LogP contribution in [0.5, 0.6) is 0 Å². The van der Waals surface area contributed by atoms with E-state index in [1.54, 1.807) is 0 Å². The first kappa shape index (κ1) is 10.4. The zero-order valence-corrected chi connectivity index (χ0v) is 9.13. The smallest absolute Gasteiger partial charge is 0.238 e. The Morgan fingerprint density at radius 3 is 2.36 bits per heavy atom. The van der Waals surface area contributed by atoms with Crippen molar-refractivity contribution in [2.24, 2.45) is 0 Å². The van der Waals surface area contributed by atoms with Crippen LogP contribution in [0.25, 0.3) is 0 Å². The minimum absolute atomic E-state index is 0.180. The second kappa shape index (κ2) is 4.16. The highest BCUT2D eigenvalue weighted by Gasteiger charge is 2.35. The Balaban J connectivity index is 2.05. The average Bonchev–Trinajstić information content (AvgIpc) is 2.72. The van der Waals surface area contributed by atoms with E-state index in [0.29, 0.717) is 13.2 Å². The van der Waals surface area contributed by atoms with E-state index < -0.39 is 10.0 Å². The lowest BCUT2D eigenvalue weighted by Gasteiger charge is -2.27. The predicted octanol–water partition coefficient (Wildman–Crippen LogP) is 1.29. The zero-order chi connectivity index (χ0) is 10.0. The third kappa shape index (κ3) is 1.94. The molecule has 4 nitrogen and oxygen atoms in total. The number of nitrogens with zero attached hydrogens (tertiary/aromatic N) is 1. The van der Waals surface area contributed by atoms with Gasteiger partial charge in [-0.25, -0.2) is 8.42 Å². The molecule has 1 saturated carbocycles. The Morgan fingerprint density at radius 1 is 1.07 bits per heavy atom. The van der Waals surface area contributed by atoms with Gasteiger partial charge in [-0.1, -0.05) is 17.3 Å². The number of rotatable bonds is 2. The Bertz CT molecular complexity index is 276. The molecule has 2 rings (SSSR count). The molecule has 0 aromatic heterocycles. The molecule has 0 spiro atoms. The maximum atomic E-state index is 12.0. The van der Waals surface area contributed by atoms with Crippen LogP contribution < -0.4 is 0 Å². The molecule has 2 fully saturated rings. The third-order valence-corrected chi connectivity index (χ3v) is 5.15. The number of hydroxylamine groups is 1. The SMILES string of the molecule is O=S(=O)(C1CCCC1)N1CCCCO1. The molecule has 1 heterocycles. The van der Waals surface area contributed by atoms with E-state index in [4.69, 9.17) is 4.84 Å². The maximum Gasteiger partial charge on any atom is 0.238 e. The second-order valence-electron chi connectivity index (χ2n) is 4.02. The molecule has 0 aromatic carbocycles. The summed E-state index contributed by atoms with van der Waals surface area (Å²) in [7, 11) is -3.15. The van der Waals surface area contributed by atoms with Crippen LogP contribution in [-0.4, -0.2) is 31.3 Å². The molecule has 1 saturated heterocycles. The zero-order valence-electron chi connectivity index (χ0n) is 8.31. The highest BCUT2D eigenvalue weighted by Crippen LogP contribution is 2.28. The van der Waals surface area contributed by atoms with Crippen molar-refractivity contribution in [2.45, 2.75) is 43.8 Å². The molecular weight excluding hydrogens is 202 g/mol. The standard InChI is InChI=1S/C9H17NO3S/c11-14(12,9-5-1-2-6-9)10-7-3-4-8-13-10/h9H,1-8H2. The summed E-state index contributed by atoms with van der Waals surface area (Å²) in [6.07, 6.45) is 5.59. The fraction of sp³-hybridized carbons (Fsp3) is 1.00. The molecule has 0 unspecified atom stereocenters. The third-order valence-electron chi connectivity index (χ3n) is 2.98. The van der Waals surface area contributed by atoms with Crippen molar-refractivity contribution in [2.75, 3.05) is 13.2 Å². The molecule has 0 N–H and O–H groups in total. The molecule has 0 bridgehead atoms. The van der Waals surface area contributed by atoms with Crippen LogP contribution in [0.3, 0.4) is 0 Å². The van der Waals surface area contributed by atoms with Crippen LogP contribution in [0.1, 0.15) is 38.5 Å². The summed E-state index contributed by atoms with van der Waals surface area (Å²) in [6.45, 7) is 1.09.